The second-order valence-electron chi connectivity index (χ2n) is 2.81. The van der Waals surface area contributed by atoms with E-state index in [1.807, 2.05) is 0 Å². The minimum Gasteiger partial charge on any atom is -0.326 e. The van der Waals surface area contributed by atoms with Crippen molar-refractivity contribution in [3.05, 3.63) is 11.3 Å². The van der Waals surface area contributed by atoms with Gasteiger partial charge in [-0.3, -0.25) is 0 Å². The van der Waals surface area contributed by atoms with Crippen molar-refractivity contribution in [1.29, 1.82) is 0 Å². The van der Waals surface area contributed by atoms with Crippen LogP contribution in [-0.4, -0.2) is 6.54 Å². The maximum Gasteiger partial charge on any atom is 0.0378 e. The molecule has 0 aromatic rings. The van der Waals surface area contributed by atoms with Crippen LogP contribution in [0.25, 0.3) is 0 Å². The Morgan fingerprint density at radius 3 is 2.80 bits per heavy atom. The van der Waals surface area contributed by atoms with E-state index in [2.05, 4.69) is 24.7 Å². The SMILES string of the molecule is CCCCC1=C(C)NNC1. The van der Waals surface area contributed by atoms with Crippen LogP contribution in [0.4, 0.5) is 0 Å². The zero-order valence-electron chi connectivity index (χ0n) is 6.83. The Balaban J connectivity index is 2.31. The van der Waals surface area contributed by atoms with E-state index in [1.54, 1.807) is 5.57 Å². The van der Waals surface area contributed by atoms with Crippen LogP contribution in [0.5, 0.6) is 0 Å². The monoisotopic (exact) mass is 140 g/mol. The van der Waals surface area contributed by atoms with Gasteiger partial charge in [0.15, 0.2) is 0 Å². The lowest BCUT2D eigenvalue weighted by atomic mass is 10.1. The number of hydrogen-bond acceptors (Lipinski definition) is 2. The Morgan fingerprint density at radius 2 is 2.30 bits per heavy atom. The summed E-state index contributed by atoms with van der Waals surface area (Å²) in [6.45, 7) is 5.39. The van der Waals surface area contributed by atoms with Gasteiger partial charge in [0, 0.05) is 12.2 Å². The number of nitrogens with one attached hydrogen (secondary N) is 2. The Kier molecular flexibility index (Phi) is 2.75. The molecule has 0 saturated carbocycles. The van der Waals surface area contributed by atoms with Gasteiger partial charge >= 0.3 is 0 Å². The highest BCUT2D eigenvalue weighted by molar-refractivity contribution is 5.15. The van der Waals surface area contributed by atoms with Gasteiger partial charge in [0.25, 0.3) is 0 Å². The number of unbranched alkanes of at least 4 members (excludes halogenated alkanes) is 1. The van der Waals surface area contributed by atoms with Gasteiger partial charge in [0.2, 0.25) is 0 Å². The van der Waals surface area contributed by atoms with E-state index in [4.69, 9.17) is 0 Å². The third-order valence-electron chi connectivity index (χ3n) is 1.94. The standard InChI is InChI=1S/C8H16N2/c1-3-4-5-8-6-9-10-7(8)2/h9-10H,3-6H2,1-2H3. The molecule has 0 bridgehead atoms. The maximum atomic E-state index is 3.11. The van der Waals surface area contributed by atoms with Crippen molar-refractivity contribution in [3.8, 4) is 0 Å². The fourth-order valence-electron chi connectivity index (χ4n) is 1.17. The van der Waals surface area contributed by atoms with E-state index >= 15 is 0 Å². The minimum absolute atomic E-state index is 1.03. The van der Waals surface area contributed by atoms with Gasteiger partial charge < -0.3 is 5.43 Å². The van der Waals surface area contributed by atoms with Gasteiger partial charge in [-0.15, -0.1) is 0 Å². The van der Waals surface area contributed by atoms with Crippen LogP contribution in [0, 0.1) is 0 Å². The Labute approximate surface area is 62.7 Å². The van der Waals surface area contributed by atoms with E-state index in [0.29, 0.717) is 0 Å². The molecule has 0 fully saturated rings. The smallest absolute Gasteiger partial charge is 0.0378 e. The Bertz CT molecular complexity index is 138. The summed E-state index contributed by atoms with van der Waals surface area (Å²) < 4.78 is 0. The lowest BCUT2D eigenvalue weighted by molar-refractivity contribution is 0.690. The predicted molar refractivity (Wildman–Crippen MR) is 43.4 cm³/mol. The van der Waals surface area contributed by atoms with Crippen molar-refractivity contribution in [2.75, 3.05) is 6.54 Å². The highest BCUT2D eigenvalue weighted by Crippen LogP contribution is 2.12. The summed E-state index contributed by atoms with van der Waals surface area (Å²) >= 11 is 0. The van der Waals surface area contributed by atoms with Gasteiger partial charge in [-0.2, -0.15) is 0 Å². The molecule has 2 N–H and O–H groups in total. The Hall–Kier alpha value is -0.500. The molecule has 10 heavy (non-hydrogen) atoms. The van der Waals surface area contributed by atoms with Gasteiger partial charge in [-0.1, -0.05) is 13.3 Å². The van der Waals surface area contributed by atoms with E-state index in [0.717, 1.165) is 6.54 Å². The van der Waals surface area contributed by atoms with Crippen LogP contribution >= 0.6 is 0 Å². The summed E-state index contributed by atoms with van der Waals surface area (Å²) in [4.78, 5) is 0. The van der Waals surface area contributed by atoms with E-state index in [9.17, 15) is 0 Å². The highest BCUT2D eigenvalue weighted by Gasteiger charge is 2.07. The topological polar surface area (TPSA) is 24.1 Å². The number of hydrogen-bond donors (Lipinski definition) is 2. The Morgan fingerprint density at radius 1 is 1.50 bits per heavy atom. The summed E-state index contributed by atoms with van der Waals surface area (Å²) in [5.74, 6) is 0. The summed E-state index contributed by atoms with van der Waals surface area (Å²) in [5, 5.41) is 0. The second kappa shape index (κ2) is 3.62. The van der Waals surface area contributed by atoms with Crippen LogP contribution in [0.1, 0.15) is 33.1 Å². The van der Waals surface area contributed by atoms with Gasteiger partial charge in [0.1, 0.15) is 0 Å². The zero-order valence-corrected chi connectivity index (χ0v) is 6.83. The van der Waals surface area contributed by atoms with E-state index in [1.165, 1.54) is 25.0 Å². The van der Waals surface area contributed by atoms with E-state index < -0.39 is 0 Å². The molecule has 2 heteroatoms. The minimum atomic E-state index is 1.03. The molecule has 0 aliphatic carbocycles. The van der Waals surface area contributed by atoms with Crippen LogP contribution in [0.15, 0.2) is 11.3 Å². The first-order valence-electron chi connectivity index (χ1n) is 4.02. The van der Waals surface area contributed by atoms with Crippen molar-refractivity contribution in [2.24, 2.45) is 0 Å². The third kappa shape index (κ3) is 1.74. The summed E-state index contributed by atoms with van der Waals surface area (Å²) in [6.07, 6.45) is 3.86. The molecular weight excluding hydrogens is 124 g/mol. The lowest BCUT2D eigenvalue weighted by Crippen LogP contribution is -2.22. The number of hydrazine groups is 1. The van der Waals surface area contributed by atoms with Crippen LogP contribution in [0.2, 0.25) is 0 Å². The van der Waals surface area contributed by atoms with Crippen LogP contribution in [-0.2, 0) is 0 Å². The fraction of sp³-hybridized carbons (Fsp3) is 0.750. The molecule has 2 nitrogen and oxygen atoms in total. The van der Waals surface area contributed by atoms with Crippen molar-refractivity contribution in [2.45, 2.75) is 33.1 Å². The zero-order chi connectivity index (χ0) is 7.40. The van der Waals surface area contributed by atoms with Crippen molar-refractivity contribution in [3.63, 3.8) is 0 Å². The number of rotatable bonds is 3. The molecule has 1 aliphatic rings. The molecule has 0 saturated heterocycles. The molecule has 0 spiro atoms. The summed E-state index contributed by atoms with van der Waals surface area (Å²) in [6, 6.07) is 0. The van der Waals surface area contributed by atoms with Gasteiger partial charge in [0.05, 0.1) is 0 Å². The predicted octanol–water partition coefficient (Wildman–Crippen LogP) is 1.56. The normalized spacial score (nSPS) is 17.8. The quantitative estimate of drug-likeness (QED) is 0.621. The average molecular weight is 140 g/mol. The van der Waals surface area contributed by atoms with Gasteiger partial charge in [-0.25, -0.2) is 5.43 Å². The molecule has 1 aliphatic heterocycles. The molecule has 58 valence electrons. The molecular formula is C8H16N2. The maximum absolute atomic E-state index is 3.11. The first-order valence-corrected chi connectivity index (χ1v) is 4.02. The fourth-order valence-corrected chi connectivity index (χ4v) is 1.17. The molecule has 1 heterocycles. The van der Waals surface area contributed by atoms with Gasteiger partial charge in [-0.05, 0) is 25.3 Å². The van der Waals surface area contributed by atoms with Crippen molar-refractivity contribution < 1.29 is 0 Å². The largest absolute Gasteiger partial charge is 0.326 e. The molecule has 0 aromatic heterocycles. The molecule has 0 aromatic carbocycles. The molecule has 0 atom stereocenters. The third-order valence-corrected chi connectivity index (χ3v) is 1.94. The van der Waals surface area contributed by atoms with Crippen molar-refractivity contribution in [1.82, 2.24) is 10.9 Å². The van der Waals surface area contributed by atoms with E-state index in [-0.39, 0.29) is 0 Å². The first-order chi connectivity index (χ1) is 4.84. The average Bonchev–Trinajstić information content (AvgIpc) is 2.31. The first kappa shape index (κ1) is 7.61. The highest BCUT2D eigenvalue weighted by atomic mass is 15.4. The second-order valence-corrected chi connectivity index (χ2v) is 2.81. The summed E-state index contributed by atoms with van der Waals surface area (Å²) in [5.41, 5.74) is 9.09. The molecule has 0 unspecified atom stereocenters. The van der Waals surface area contributed by atoms with Crippen LogP contribution in [0.3, 0.4) is 0 Å². The molecule has 0 amide bonds. The lowest BCUT2D eigenvalue weighted by Gasteiger charge is -1.98. The number of allylic oxidation sites excluding steroid dienone is 1. The summed E-state index contributed by atoms with van der Waals surface area (Å²) in [7, 11) is 0. The van der Waals surface area contributed by atoms with Crippen LogP contribution < -0.4 is 10.9 Å². The molecule has 1 rings (SSSR count). The molecule has 0 radical (unpaired) electrons. The van der Waals surface area contributed by atoms with Crippen molar-refractivity contribution >= 4 is 0 Å².